The fourth-order valence-electron chi connectivity index (χ4n) is 2.53. The third-order valence-corrected chi connectivity index (χ3v) is 3.97. The first kappa shape index (κ1) is 15.5. The molecule has 0 saturated carbocycles. The fourth-order valence-corrected chi connectivity index (χ4v) is 2.98. The highest BCUT2D eigenvalue weighted by Gasteiger charge is 2.28. The zero-order valence-electron chi connectivity index (χ0n) is 11.6. The Bertz CT molecular complexity index is 315. The van der Waals surface area contributed by atoms with Crippen molar-refractivity contribution < 1.29 is 9.53 Å². The summed E-state index contributed by atoms with van der Waals surface area (Å²) in [5.41, 5.74) is 2.50. The van der Waals surface area contributed by atoms with Gasteiger partial charge in [0.25, 0.3) is 0 Å². The number of nitrogens with one attached hydrogen (secondary N) is 1. The van der Waals surface area contributed by atoms with E-state index in [0.29, 0.717) is 12.5 Å². The lowest BCUT2D eigenvalue weighted by atomic mass is 9.81. The van der Waals surface area contributed by atoms with Gasteiger partial charge < -0.3 is 10.1 Å². The number of rotatable bonds is 6. The topological polar surface area (TPSA) is 38.3 Å². The van der Waals surface area contributed by atoms with E-state index in [2.05, 4.69) is 19.2 Å². The van der Waals surface area contributed by atoms with E-state index < -0.39 is 5.38 Å². The molecular weight excluding hydrogens is 250 g/mol. The van der Waals surface area contributed by atoms with Gasteiger partial charge in [-0.3, -0.25) is 4.79 Å². The summed E-state index contributed by atoms with van der Waals surface area (Å²) in [5.74, 6) is 0.272. The van der Waals surface area contributed by atoms with Crippen LogP contribution in [-0.4, -0.2) is 24.6 Å². The highest BCUT2D eigenvalue weighted by atomic mass is 35.5. The van der Waals surface area contributed by atoms with E-state index in [1.165, 1.54) is 12.0 Å². The van der Waals surface area contributed by atoms with Crippen molar-refractivity contribution >= 4 is 17.5 Å². The van der Waals surface area contributed by atoms with E-state index in [9.17, 15) is 4.79 Å². The third-order valence-electron chi connectivity index (χ3n) is 3.54. The maximum absolute atomic E-state index is 12.0. The van der Waals surface area contributed by atoms with Crippen LogP contribution in [0.5, 0.6) is 0 Å². The van der Waals surface area contributed by atoms with Crippen LogP contribution in [0.4, 0.5) is 0 Å². The number of hydrogen-bond acceptors (Lipinski definition) is 2. The molecule has 18 heavy (non-hydrogen) atoms. The highest BCUT2D eigenvalue weighted by Crippen LogP contribution is 2.35. The predicted molar refractivity (Wildman–Crippen MR) is 74.6 cm³/mol. The Morgan fingerprint density at radius 2 is 2.28 bits per heavy atom. The van der Waals surface area contributed by atoms with Gasteiger partial charge in [0.15, 0.2) is 0 Å². The van der Waals surface area contributed by atoms with Crippen LogP contribution < -0.4 is 5.32 Å². The minimum absolute atomic E-state index is 0.139. The Kier molecular flexibility index (Phi) is 6.72. The van der Waals surface area contributed by atoms with Crippen molar-refractivity contribution in [3.63, 3.8) is 0 Å². The molecule has 0 aliphatic heterocycles. The zero-order valence-corrected chi connectivity index (χ0v) is 12.3. The van der Waals surface area contributed by atoms with Crippen LogP contribution in [0, 0.1) is 5.92 Å². The Balaban J connectivity index is 2.70. The molecule has 0 radical (unpaired) electrons. The molecule has 0 fully saturated rings. The molecule has 0 heterocycles. The van der Waals surface area contributed by atoms with Crippen molar-refractivity contribution in [2.75, 3.05) is 13.3 Å². The summed E-state index contributed by atoms with van der Waals surface area (Å²) in [4.78, 5) is 12.0. The molecule has 0 aromatic heterocycles. The minimum atomic E-state index is -0.546. The lowest BCUT2D eigenvalue weighted by molar-refractivity contribution is -0.121. The molecule has 2 atom stereocenters. The van der Waals surface area contributed by atoms with Crippen LogP contribution in [0.3, 0.4) is 0 Å². The number of allylic oxidation sites excluding steroid dienone is 1. The number of carbonyl (C=O) groups excluding carboxylic acids is 1. The number of amides is 1. The van der Waals surface area contributed by atoms with Crippen LogP contribution in [0.1, 0.15) is 46.5 Å². The minimum Gasteiger partial charge on any atom is -0.362 e. The van der Waals surface area contributed by atoms with Crippen molar-refractivity contribution in [2.24, 2.45) is 5.92 Å². The molecule has 1 rings (SSSR count). The Morgan fingerprint density at radius 1 is 1.56 bits per heavy atom. The summed E-state index contributed by atoms with van der Waals surface area (Å²) in [6, 6.07) is 0. The second-order valence-corrected chi connectivity index (χ2v) is 5.18. The average molecular weight is 274 g/mol. The molecular formula is C14H24ClNO2. The number of ether oxygens (including phenoxy) is 1. The predicted octanol–water partition coefficient (Wildman–Crippen LogP) is 3.23. The van der Waals surface area contributed by atoms with Gasteiger partial charge in [-0.1, -0.05) is 19.4 Å². The van der Waals surface area contributed by atoms with E-state index in [1.807, 2.05) is 6.92 Å². The van der Waals surface area contributed by atoms with Gasteiger partial charge in [0, 0.05) is 6.61 Å². The molecule has 0 bridgehead atoms. The molecule has 104 valence electrons. The molecule has 2 unspecified atom stereocenters. The van der Waals surface area contributed by atoms with Gasteiger partial charge in [0.05, 0.1) is 0 Å². The van der Waals surface area contributed by atoms with Gasteiger partial charge in [-0.05, 0) is 44.1 Å². The van der Waals surface area contributed by atoms with E-state index in [1.54, 1.807) is 0 Å². The quantitative estimate of drug-likeness (QED) is 0.349. The third kappa shape index (κ3) is 3.99. The van der Waals surface area contributed by atoms with Crippen LogP contribution in [0.2, 0.25) is 0 Å². The normalized spacial score (nSPS) is 21.9. The maximum Gasteiger partial charge on any atom is 0.244 e. The largest absolute Gasteiger partial charge is 0.362 e. The lowest BCUT2D eigenvalue weighted by Crippen LogP contribution is -2.36. The van der Waals surface area contributed by atoms with Crippen molar-refractivity contribution in [3.05, 3.63) is 11.1 Å². The van der Waals surface area contributed by atoms with Crippen molar-refractivity contribution in [2.45, 2.75) is 51.8 Å². The van der Waals surface area contributed by atoms with Gasteiger partial charge in [0.2, 0.25) is 5.91 Å². The smallest absolute Gasteiger partial charge is 0.244 e. The second-order valence-electron chi connectivity index (χ2n) is 4.75. The second kappa shape index (κ2) is 7.80. The van der Waals surface area contributed by atoms with E-state index in [4.69, 9.17) is 16.3 Å². The van der Waals surface area contributed by atoms with Gasteiger partial charge in [-0.15, -0.1) is 11.6 Å². The molecule has 0 spiro atoms. The molecule has 1 aliphatic carbocycles. The summed E-state index contributed by atoms with van der Waals surface area (Å²) < 4.78 is 5.12. The SMILES string of the molecule is CCOCNC(=O)C(Cl)C1=C(CC)CCCC1C. The van der Waals surface area contributed by atoms with Crippen LogP contribution in [0.25, 0.3) is 0 Å². The Hall–Kier alpha value is -0.540. The van der Waals surface area contributed by atoms with Gasteiger partial charge in [-0.25, -0.2) is 0 Å². The maximum atomic E-state index is 12.0. The monoisotopic (exact) mass is 273 g/mol. The number of alkyl halides is 1. The zero-order chi connectivity index (χ0) is 13.5. The van der Waals surface area contributed by atoms with Gasteiger partial charge in [0.1, 0.15) is 12.1 Å². The number of carbonyl (C=O) groups is 1. The first-order valence-corrected chi connectivity index (χ1v) is 7.26. The first-order valence-electron chi connectivity index (χ1n) is 6.83. The molecule has 4 heteroatoms. The Morgan fingerprint density at radius 3 is 2.89 bits per heavy atom. The molecule has 0 aromatic carbocycles. The highest BCUT2D eigenvalue weighted by molar-refractivity contribution is 6.32. The molecule has 0 saturated heterocycles. The molecule has 0 aromatic rings. The number of hydrogen-bond donors (Lipinski definition) is 1. The van der Waals surface area contributed by atoms with E-state index in [0.717, 1.165) is 24.8 Å². The fraction of sp³-hybridized carbons (Fsp3) is 0.786. The molecule has 1 aliphatic rings. The number of halogens is 1. The standard InChI is InChI=1S/C14H24ClNO2/c1-4-11-8-6-7-10(3)12(11)13(15)14(17)16-9-18-5-2/h10,13H,4-9H2,1-3H3,(H,16,17). The summed E-state index contributed by atoms with van der Waals surface area (Å²) in [6.45, 7) is 7.02. The molecule has 1 amide bonds. The average Bonchev–Trinajstić information content (AvgIpc) is 2.37. The first-order chi connectivity index (χ1) is 8.61. The van der Waals surface area contributed by atoms with E-state index >= 15 is 0 Å². The molecule has 1 N–H and O–H groups in total. The Labute approximate surface area is 115 Å². The van der Waals surface area contributed by atoms with Crippen molar-refractivity contribution in [1.82, 2.24) is 5.32 Å². The summed E-state index contributed by atoms with van der Waals surface area (Å²) in [6.07, 6.45) is 4.40. The van der Waals surface area contributed by atoms with Crippen molar-refractivity contribution in [3.8, 4) is 0 Å². The van der Waals surface area contributed by atoms with Gasteiger partial charge >= 0.3 is 0 Å². The van der Waals surface area contributed by atoms with Gasteiger partial charge in [-0.2, -0.15) is 0 Å². The summed E-state index contributed by atoms with van der Waals surface area (Å²) in [7, 11) is 0. The summed E-state index contributed by atoms with van der Waals surface area (Å²) in [5, 5.41) is 2.17. The van der Waals surface area contributed by atoms with E-state index in [-0.39, 0.29) is 12.6 Å². The summed E-state index contributed by atoms with van der Waals surface area (Å²) >= 11 is 6.33. The molecule has 3 nitrogen and oxygen atoms in total. The van der Waals surface area contributed by atoms with Crippen molar-refractivity contribution in [1.29, 1.82) is 0 Å². The van der Waals surface area contributed by atoms with Crippen LogP contribution >= 0.6 is 11.6 Å². The lowest BCUT2D eigenvalue weighted by Gasteiger charge is -2.28. The van der Waals surface area contributed by atoms with Crippen LogP contribution in [0.15, 0.2) is 11.1 Å². The van der Waals surface area contributed by atoms with Crippen LogP contribution in [-0.2, 0) is 9.53 Å².